The van der Waals surface area contributed by atoms with Crippen molar-refractivity contribution in [1.29, 1.82) is 0 Å². The van der Waals surface area contributed by atoms with Crippen molar-refractivity contribution in [2.24, 2.45) is 0 Å². The first kappa shape index (κ1) is 24.9. The molecule has 2 aliphatic heterocycles. The monoisotopic (exact) mass is 553 g/mol. The van der Waals surface area contributed by atoms with Gasteiger partial charge in [-0.05, 0) is 76.0 Å². The molecule has 0 saturated carbocycles. The molecule has 0 saturated heterocycles. The number of fused-ring (bicyclic) bond motifs is 8. The maximum Gasteiger partial charge on any atom is 0.339 e. The van der Waals surface area contributed by atoms with Crippen LogP contribution in [0.15, 0.2) is 104 Å². The van der Waals surface area contributed by atoms with Gasteiger partial charge in [-0.15, -0.1) is 0 Å². The van der Waals surface area contributed by atoms with Crippen LogP contribution in [0.5, 0.6) is 0 Å². The molecule has 0 aliphatic carbocycles. The van der Waals surface area contributed by atoms with Crippen LogP contribution in [-0.2, 0) is 10.8 Å². The number of furan rings is 2. The SMILES string of the molecule is CC(C)(C)c1ccc(N2c3cccc4c3B(c3oc5ccc(C(C)(C)C)cc5c3S4)c3oc4ccccc4c32)cc1. The van der Waals surface area contributed by atoms with Crippen molar-refractivity contribution in [2.45, 2.75) is 62.2 Å². The van der Waals surface area contributed by atoms with Crippen molar-refractivity contribution in [3.63, 3.8) is 0 Å². The summed E-state index contributed by atoms with van der Waals surface area (Å²) in [7, 11) is 0. The Morgan fingerprint density at radius 1 is 0.659 bits per heavy atom. The number of para-hydroxylation sites is 1. The van der Waals surface area contributed by atoms with Gasteiger partial charge in [-0.2, -0.15) is 0 Å². The van der Waals surface area contributed by atoms with E-state index < -0.39 is 0 Å². The Hall–Kier alpha value is -3.83. The Morgan fingerprint density at radius 2 is 1.34 bits per heavy atom. The van der Waals surface area contributed by atoms with Gasteiger partial charge in [0.2, 0.25) is 0 Å². The molecular weight excluding hydrogens is 521 g/mol. The lowest BCUT2D eigenvalue weighted by Crippen LogP contribution is -2.58. The number of rotatable bonds is 1. The van der Waals surface area contributed by atoms with Crippen molar-refractivity contribution < 1.29 is 8.83 Å². The van der Waals surface area contributed by atoms with Crippen LogP contribution in [0.25, 0.3) is 21.9 Å². The van der Waals surface area contributed by atoms with Gasteiger partial charge in [-0.1, -0.05) is 89.7 Å². The van der Waals surface area contributed by atoms with Crippen LogP contribution in [0.4, 0.5) is 17.1 Å². The molecule has 2 aliphatic rings. The van der Waals surface area contributed by atoms with Gasteiger partial charge in [0.15, 0.2) is 0 Å². The fourth-order valence-electron chi connectivity index (χ4n) is 6.43. The van der Waals surface area contributed by atoms with E-state index in [1.165, 1.54) is 37.5 Å². The van der Waals surface area contributed by atoms with Crippen LogP contribution < -0.4 is 21.7 Å². The number of hydrogen-bond acceptors (Lipinski definition) is 4. The summed E-state index contributed by atoms with van der Waals surface area (Å²) in [6.45, 7) is 13.5. The summed E-state index contributed by atoms with van der Waals surface area (Å²) in [4.78, 5) is 4.86. The molecule has 8 rings (SSSR count). The van der Waals surface area contributed by atoms with Crippen LogP contribution in [-0.4, -0.2) is 6.71 Å². The Balaban J connectivity index is 1.41. The standard InChI is InChI=1S/C36H32BNO2S/c1-35(2,3)21-14-17-23(18-15-21)38-26-11-9-13-29-30(26)37(33-31(38)24-10-7-8-12-27(24)39-33)34-32(41-29)25-20-22(36(4,5)6)16-19-28(25)40-34/h7-20H,1-6H3. The van der Waals surface area contributed by atoms with Crippen molar-refractivity contribution in [3.8, 4) is 0 Å². The molecule has 41 heavy (non-hydrogen) atoms. The van der Waals surface area contributed by atoms with Gasteiger partial charge >= 0.3 is 6.71 Å². The first-order valence-electron chi connectivity index (χ1n) is 14.4. The van der Waals surface area contributed by atoms with E-state index in [4.69, 9.17) is 8.83 Å². The third-order valence-corrected chi connectivity index (χ3v) is 9.85. The van der Waals surface area contributed by atoms with Crippen molar-refractivity contribution in [1.82, 2.24) is 0 Å². The lowest BCUT2D eigenvalue weighted by Gasteiger charge is -2.36. The highest BCUT2D eigenvalue weighted by Crippen LogP contribution is 2.46. The predicted molar refractivity (Wildman–Crippen MR) is 173 cm³/mol. The zero-order valence-corrected chi connectivity index (χ0v) is 25.1. The Labute approximate surface area is 245 Å². The Bertz CT molecular complexity index is 2000. The van der Waals surface area contributed by atoms with Crippen LogP contribution in [0.2, 0.25) is 0 Å². The molecule has 6 aromatic rings. The van der Waals surface area contributed by atoms with Gasteiger partial charge in [-0.25, -0.2) is 0 Å². The second kappa shape index (κ2) is 8.36. The first-order chi connectivity index (χ1) is 19.6. The van der Waals surface area contributed by atoms with E-state index in [1.54, 1.807) is 0 Å². The van der Waals surface area contributed by atoms with Crippen molar-refractivity contribution in [3.05, 3.63) is 96.1 Å². The van der Waals surface area contributed by atoms with Crippen LogP contribution in [0.3, 0.4) is 0 Å². The van der Waals surface area contributed by atoms with E-state index in [9.17, 15) is 0 Å². The largest absolute Gasteiger partial charge is 0.469 e. The molecule has 0 atom stereocenters. The Morgan fingerprint density at radius 3 is 2.10 bits per heavy atom. The summed E-state index contributed by atoms with van der Waals surface area (Å²) >= 11 is 1.83. The number of benzene rings is 4. The lowest BCUT2D eigenvalue weighted by molar-refractivity contribution is 0.590. The minimum absolute atomic E-state index is 0.0581. The molecule has 4 aromatic carbocycles. The van der Waals surface area contributed by atoms with E-state index >= 15 is 0 Å². The van der Waals surface area contributed by atoms with Crippen molar-refractivity contribution in [2.75, 3.05) is 4.90 Å². The quantitative estimate of drug-likeness (QED) is 0.191. The molecular formula is C36H32BNO2S. The van der Waals surface area contributed by atoms with Crippen LogP contribution >= 0.6 is 11.8 Å². The predicted octanol–water partition coefficient (Wildman–Crippen LogP) is 8.54. The zero-order valence-electron chi connectivity index (χ0n) is 24.3. The summed E-state index contributed by atoms with van der Waals surface area (Å²) in [6.07, 6.45) is 0. The maximum atomic E-state index is 6.79. The number of hydrogen-bond donors (Lipinski definition) is 0. The maximum absolute atomic E-state index is 6.79. The second-order valence-corrected chi connectivity index (χ2v) is 14.5. The van der Waals surface area contributed by atoms with Gasteiger partial charge in [0.1, 0.15) is 16.8 Å². The fourth-order valence-corrected chi connectivity index (χ4v) is 7.66. The lowest BCUT2D eigenvalue weighted by atomic mass is 9.39. The molecule has 2 aromatic heterocycles. The van der Waals surface area contributed by atoms with Gasteiger partial charge in [-0.3, -0.25) is 0 Å². The summed E-state index contributed by atoms with van der Waals surface area (Å²) in [5.74, 6) is 0. The molecule has 0 amide bonds. The summed E-state index contributed by atoms with van der Waals surface area (Å²) in [5, 5.41) is 2.30. The molecule has 0 fully saturated rings. The Kier molecular flexibility index (Phi) is 5.08. The molecule has 202 valence electrons. The number of nitrogens with zero attached hydrogens (tertiary/aromatic N) is 1. The second-order valence-electron chi connectivity index (χ2n) is 13.4. The van der Waals surface area contributed by atoms with Crippen molar-refractivity contribution >= 4 is 74.3 Å². The third-order valence-electron chi connectivity index (χ3n) is 8.65. The smallest absolute Gasteiger partial charge is 0.339 e. The molecule has 0 N–H and O–H groups in total. The van der Waals surface area contributed by atoms with Gasteiger partial charge in [0.05, 0.1) is 16.2 Å². The highest BCUT2D eigenvalue weighted by molar-refractivity contribution is 8.00. The van der Waals surface area contributed by atoms with Gasteiger partial charge in [0, 0.05) is 27.0 Å². The summed E-state index contributed by atoms with van der Waals surface area (Å²) in [6, 6.07) is 30.8. The zero-order chi connectivity index (χ0) is 28.3. The van der Waals surface area contributed by atoms with Crippen LogP contribution in [0, 0.1) is 0 Å². The normalized spacial score (nSPS) is 14.4. The molecule has 3 nitrogen and oxygen atoms in total. The number of anilines is 3. The third kappa shape index (κ3) is 3.61. The van der Waals surface area contributed by atoms with E-state index in [0.717, 1.165) is 39.2 Å². The van der Waals surface area contributed by atoms with Crippen LogP contribution in [0.1, 0.15) is 52.7 Å². The summed E-state index contributed by atoms with van der Waals surface area (Å²) in [5.41, 5.74) is 11.2. The topological polar surface area (TPSA) is 29.5 Å². The highest BCUT2D eigenvalue weighted by atomic mass is 32.2. The molecule has 0 radical (unpaired) electrons. The summed E-state index contributed by atoms with van der Waals surface area (Å²) < 4.78 is 13.5. The van der Waals surface area contributed by atoms with Gasteiger partial charge < -0.3 is 13.7 Å². The first-order valence-corrected chi connectivity index (χ1v) is 15.2. The molecule has 0 spiro atoms. The van der Waals surface area contributed by atoms with E-state index in [0.29, 0.717) is 0 Å². The molecule has 0 unspecified atom stereocenters. The highest BCUT2D eigenvalue weighted by Gasteiger charge is 2.47. The molecule has 4 heterocycles. The average Bonchev–Trinajstić information content (AvgIpc) is 3.50. The van der Waals surface area contributed by atoms with Gasteiger partial charge in [0.25, 0.3) is 0 Å². The van der Waals surface area contributed by atoms with E-state index in [1.807, 2.05) is 11.8 Å². The van der Waals surface area contributed by atoms with E-state index in [2.05, 4.69) is 131 Å². The minimum atomic E-state index is -0.115. The molecule has 0 bridgehead atoms. The van der Waals surface area contributed by atoms with E-state index in [-0.39, 0.29) is 17.5 Å². The molecule has 5 heteroatoms. The fraction of sp³-hybridized carbons (Fsp3) is 0.222. The minimum Gasteiger partial charge on any atom is -0.469 e. The average molecular weight is 554 g/mol.